The molecule has 0 spiro atoms. The van der Waals surface area contributed by atoms with Crippen molar-refractivity contribution in [2.45, 2.75) is 58.4 Å². The van der Waals surface area contributed by atoms with Crippen molar-refractivity contribution >= 4 is 11.9 Å². The van der Waals surface area contributed by atoms with E-state index in [9.17, 15) is 9.59 Å². The molecule has 1 atom stereocenters. The maximum absolute atomic E-state index is 12.2. The number of rotatable bonds is 7. The van der Waals surface area contributed by atoms with Crippen LogP contribution < -0.4 is 0 Å². The summed E-state index contributed by atoms with van der Waals surface area (Å²) in [5.74, 6) is -0.288. The van der Waals surface area contributed by atoms with Gasteiger partial charge in [0.05, 0.1) is 35.3 Å². The molecular formula is C19H24N4O4. The number of carbonyl (C=O) groups is 2. The number of aryl methyl sites for hydroxylation is 3. The number of hydrogen-bond acceptors (Lipinski definition) is 6. The Kier molecular flexibility index (Phi) is 5.83. The van der Waals surface area contributed by atoms with Crippen LogP contribution in [0.4, 0.5) is 0 Å². The number of likely N-dealkylation sites (tertiary alicyclic amines) is 1. The number of nitrogens with zero attached hydrogens (tertiary/aromatic N) is 4. The highest BCUT2D eigenvalue weighted by atomic mass is 16.5. The topological polar surface area (TPSA) is 109 Å². The first kappa shape index (κ1) is 19.0. The molecule has 8 heteroatoms. The van der Waals surface area contributed by atoms with Gasteiger partial charge in [0.1, 0.15) is 5.76 Å². The quantitative estimate of drug-likeness (QED) is 0.795. The van der Waals surface area contributed by atoms with Crippen LogP contribution in [0.1, 0.15) is 49.3 Å². The van der Waals surface area contributed by atoms with E-state index in [1.165, 1.54) is 0 Å². The molecule has 27 heavy (non-hydrogen) atoms. The van der Waals surface area contributed by atoms with Gasteiger partial charge in [-0.1, -0.05) is 5.16 Å². The van der Waals surface area contributed by atoms with Crippen LogP contribution in [-0.2, 0) is 16.0 Å². The van der Waals surface area contributed by atoms with E-state index in [-0.39, 0.29) is 24.8 Å². The van der Waals surface area contributed by atoms with Crippen molar-refractivity contribution in [1.82, 2.24) is 20.0 Å². The first-order valence-corrected chi connectivity index (χ1v) is 9.21. The van der Waals surface area contributed by atoms with Crippen molar-refractivity contribution in [1.29, 1.82) is 0 Å². The lowest BCUT2D eigenvalue weighted by Crippen LogP contribution is -2.36. The van der Waals surface area contributed by atoms with Gasteiger partial charge >= 0.3 is 5.97 Å². The zero-order chi connectivity index (χ0) is 19.4. The predicted octanol–water partition coefficient (Wildman–Crippen LogP) is 2.54. The molecule has 1 aliphatic heterocycles. The Morgan fingerprint density at radius 3 is 2.70 bits per heavy atom. The highest BCUT2D eigenvalue weighted by Gasteiger charge is 2.28. The maximum atomic E-state index is 12.2. The highest BCUT2D eigenvalue weighted by molar-refractivity contribution is 5.81. The molecular weight excluding hydrogens is 348 g/mol. The summed E-state index contributed by atoms with van der Waals surface area (Å²) in [6.07, 6.45) is 6.87. The summed E-state index contributed by atoms with van der Waals surface area (Å²) in [5, 5.41) is 12.7. The zero-order valence-corrected chi connectivity index (χ0v) is 15.6. The van der Waals surface area contributed by atoms with Gasteiger partial charge in [-0.15, -0.1) is 0 Å². The Morgan fingerprint density at radius 2 is 2.07 bits per heavy atom. The Labute approximate surface area is 157 Å². The SMILES string of the molecule is Cc1noc(C)c1-c1cnc(CCC2CCCN2C(=O)CCC(=O)O)cn1. The smallest absolute Gasteiger partial charge is 0.303 e. The summed E-state index contributed by atoms with van der Waals surface area (Å²) in [5.41, 5.74) is 3.27. The van der Waals surface area contributed by atoms with Gasteiger partial charge in [0.15, 0.2) is 0 Å². The average molecular weight is 372 g/mol. The van der Waals surface area contributed by atoms with E-state index in [1.807, 2.05) is 18.7 Å². The van der Waals surface area contributed by atoms with Crippen LogP contribution in [0.5, 0.6) is 0 Å². The molecule has 1 saturated heterocycles. The Balaban J connectivity index is 1.58. The number of aromatic nitrogens is 3. The Bertz CT molecular complexity index is 796. The third kappa shape index (κ3) is 4.50. The zero-order valence-electron chi connectivity index (χ0n) is 15.6. The molecule has 1 aliphatic rings. The molecule has 0 saturated carbocycles. The molecule has 3 rings (SSSR count). The van der Waals surface area contributed by atoms with Gasteiger partial charge in [0, 0.05) is 25.2 Å². The second kappa shape index (κ2) is 8.28. The molecule has 2 aromatic rings. The largest absolute Gasteiger partial charge is 0.481 e. The van der Waals surface area contributed by atoms with Crippen LogP contribution >= 0.6 is 0 Å². The lowest BCUT2D eigenvalue weighted by atomic mass is 10.1. The normalized spacial score (nSPS) is 16.7. The lowest BCUT2D eigenvalue weighted by molar-refractivity contribution is -0.141. The molecule has 1 amide bonds. The van der Waals surface area contributed by atoms with Crippen LogP contribution in [0.15, 0.2) is 16.9 Å². The molecule has 0 radical (unpaired) electrons. The van der Waals surface area contributed by atoms with Crippen LogP contribution in [0.2, 0.25) is 0 Å². The molecule has 0 aromatic carbocycles. The third-order valence-electron chi connectivity index (χ3n) is 4.98. The minimum Gasteiger partial charge on any atom is -0.481 e. The summed E-state index contributed by atoms with van der Waals surface area (Å²) >= 11 is 0. The number of amides is 1. The maximum Gasteiger partial charge on any atom is 0.303 e. The van der Waals surface area contributed by atoms with E-state index >= 15 is 0 Å². The van der Waals surface area contributed by atoms with Crippen molar-refractivity contribution in [3.8, 4) is 11.3 Å². The number of carboxylic acid groups (broad SMARTS) is 1. The van der Waals surface area contributed by atoms with Crippen molar-refractivity contribution in [3.05, 3.63) is 29.5 Å². The fourth-order valence-electron chi connectivity index (χ4n) is 3.60. The lowest BCUT2D eigenvalue weighted by Gasteiger charge is -2.24. The molecule has 0 aliphatic carbocycles. The minimum atomic E-state index is -0.937. The first-order valence-electron chi connectivity index (χ1n) is 9.21. The van der Waals surface area contributed by atoms with Crippen molar-refractivity contribution in [3.63, 3.8) is 0 Å². The van der Waals surface area contributed by atoms with E-state index in [1.54, 1.807) is 12.4 Å². The van der Waals surface area contributed by atoms with Gasteiger partial charge in [0.2, 0.25) is 5.91 Å². The summed E-state index contributed by atoms with van der Waals surface area (Å²) < 4.78 is 5.17. The molecule has 2 aromatic heterocycles. The van der Waals surface area contributed by atoms with Gasteiger partial charge in [-0.05, 0) is 39.5 Å². The van der Waals surface area contributed by atoms with Crippen molar-refractivity contribution in [2.75, 3.05) is 6.54 Å². The van der Waals surface area contributed by atoms with Gasteiger partial charge in [-0.2, -0.15) is 0 Å². The standard InChI is InChI=1S/C19H24N4O4/c1-12-19(13(2)27-22-12)16-11-20-14(10-21-16)5-6-15-4-3-9-23(15)17(24)7-8-18(25)26/h10-11,15H,3-9H2,1-2H3,(H,25,26). The van der Waals surface area contributed by atoms with Gasteiger partial charge in [0.25, 0.3) is 0 Å². The number of carbonyl (C=O) groups excluding carboxylic acids is 1. The van der Waals surface area contributed by atoms with Gasteiger partial charge in [-0.25, -0.2) is 0 Å². The van der Waals surface area contributed by atoms with Crippen molar-refractivity contribution in [2.24, 2.45) is 0 Å². The number of hydrogen-bond donors (Lipinski definition) is 1. The van der Waals surface area contributed by atoms with E-state index in [0.717, 1.165) is 54.1 Å². The molecule has 3 heterocycles. The first-order chi connectivity index (χ1) is 13.0. The Hall–Kier alpha value is -2.77. The second-order valence-corrected chi connectivity index (χ2v) is 6.91. The number of aliphatic carboxylic acids is 1. The molecule has 1 N–H and O–H groups in total. The van der Waals surface area contributed by atoms with E-state index < -0.39 is 5.97 Å². The van der Waals surface area contributed by atoms with Gasteiger partial charge in [-0.3, -0.25) is 19.6 Å². The fourth-order valence-corrected chi connectivity index (χ4v) is 3.60. The Morgan fingerprint density at radius 1 is 1.26 bits per heavy atom. The summed E-state index contributed by atoms with van der Waals surface area (Å²) in [6, 6.07) is 0.148. The fraction of sp³-hybridized carbons (Fsp3) is 0.526. The molecule has 144 valence electrons. The summed E-state index contributed by atoms with van der Waals surface area (Å²) in [7, 11) is 0. The summed E-state index contributed by atoms with van der Waals surface area (Å²) in [4.78, 5) is 33.7. The highest BCUT2D eigenvalue weighted by Crippen LogP contribution is 2.25. The predicted molar refractivity (Wildman–Crippen MR) is 96.9 cm³/mol. The van der Waals surface area contributed by atoms with E-state index in [4.69, 9.17) is 9.63 Å². The van der Waals surface area contributed by atoms with Crippen LogP contribution in [0.25, 0.3) is 11.3 Å². The monoisotopic (exact) mass is 372 g/mol. The molecule has 8 nitrogen and oxygen atoms in total. The molecule has 0 bridgehead atoms. The van der Waals surface area contributed by atoms with E-state index in [2.05, 4.69) is 15.1 Å². The molecule has 1 fully saturated rings. The second-order valence-electron chi connectivity index (χ2n) is 6.91. The van der Waals surface area contributed by atoms with Crippen LogP contribution in [-0.4, -0.2) is 49.6 Å². The average Bonchev–Trinajstić information content (AvgIpc) is 3.25. The van der Waals surface area contributed by atoms with E-state index in [0.29, 0.717) is 6.54 Å². The van der Waals surface area contributed by atoms with Gasteiger partial charge < -0.3 is 14.5 Å². The number of carboxylic acids is 1. The third-order valence-corrected chi connectivity index (χ3v) is 4.98. The minimum absolute atomic E-state index is 0.0672. The summed E-state index contributed by atoms with van der Waals surface area (Å²) in [6.45, 7) is 4.43. The van der Waals surface area contributed by atoms with Crippen molar-refractivity contribution < 1.29 is 19.2 Å². The van der Waals surface area contributed by atoms with Crippen LogP contribution in [0.3, 0.4) is 0 Å². The van der Waals surface area contributed by atoms with Crippen LogP contribution in [0, 0.1) is 13.8 Å². The molecule has 1 unspecified atom stereocenters.